The fourth-order valence-electron chi connectivity index (χ4n) is 2.58. The van der Waals surface area contributed by atoms with Gasteiger partial charge in [-0.3, -0.25) is 0 Å². The summed E-state index contributed by atoms with van der Waals surface area (Å²) in [4.78, 5) is 18.7. The highest BCUT2D eigenvalue weighted by Crippen LogP contribution is 2.40. The Hall–Kier alpha value is -2.44. The predicted molar refractivity (Wildman–Crippen MR) is 118 cm³/mol. The number of carbonyl (C=O) groups excluding carboxylic acids is 1. The number of hydrogen-bond acceptors (Lipinski definition) is 6. The number of carbonyl (C=O) groups is 1. The third kappa shape index (κ3) is 4.69. The van der Waals surface area contributed by atoms with Gasteiger partial charge in [0, 0.05) is 4.90 Å². The van der Waals surface area contributed by atoms with Crippen LogP contribution >= 0.6 is 23.5 Å². The Kier molecular flexibility index (Phi) is 6.65. The van der Waals surface area contributed by atoms with Crippen LogP contribution in [0.2, 0.25) is 0 Å². The lowest BCUT2D eigenvalue weighted by Crippen LogP contribution is -2.12. The first kappa shape index (κ1) is 20.3. The van der Waals surface area contributed by atoms with Gasteiger partial charge in [-0.15, -0.1) is 11.8 Å². The van der Waals surface area contributed by atoms with E-state index in [4.69, 9.17) is 4.74 Å². The molecule has 0 fully saturated rings. The number of nitrogens with zero attached hydrogens (tertiary/aromatic N) is 1. The quantitative estimate of drug-likeness (QED) is 0.489. The topological polar surface area (TPSA) is 58.9 Å². The summed E-state index contributed by atoms with van der Waals surface area (Å²) in [7, 11) is 0. The molecule has 0 atom stereocenters. The van der Waals surface area contributed by atoms with Gasteiger partial charge in [-0.25, -0.2) is 9.79 Å². The molecule has 0 saturated heterocycles. The second kappa shape index (κ2) is 9.17. The van der Waals surface area contributed by atoms with E-state index in [1.165, 1.54) is 11.8 Å². The molecule has 0 bridgehead atoms. The van der Waals surface area contributed by atoms with Gasteiger partial charge in [-0.2, -0.15) is 0 Å². The average Bonchev–Trinajstić information content (AvgIpc) is 2.99. The first-order valence-corrected chi connectivity index (χ1v) is 10.9. The van der Waals surface area contributed by atoms with E-state index in [9.17, 15) is 9.90 Å². The molecule has 0 saturated carbocycles. The van der Waals surface area contributed by atoms with E-state index in [0.717, 1.165) is 16.0 Å². The van der Waals surface area contributed by atoms with Gasteiger partial charge in [-0.05, 0) is 56.0 Å². The summed E-state index contributed by atoms with van der Waals surface area (Å²) in [6.07, 6.45) is 3.87. The Morgan fingerprint density at radius 2 is 1.86 bits per heavy atom. The van der Waals surface area contributed by atoms with Gasteiger partial charge in [0.15, 0.2) is 0 Å². The molecule has 28 heavy (non-hydrogen) atoms. The van der Waals surface area contributed by atoms with E-state index < -0.39 is 5.97 Å². The number of aliphatic imine (C=N–C) groups is 1. The van der Waals surface area contributed by atoms with Crippen LogP contribution in [0.15, 0.2) is 74.7 Å². The van der Waals surface area contributed by atoms with E-state index in [0.29, 0.717) is 15.6 Å². The molecule has 3 rings (SSSR count). The fraction of sp³-hybridized carbons (Fsp3) is 0.182. The Morgan fingerprint density at radius 1 is 1.18 bits per heavy atom. The van der Waals surface area contributed by atoms with Crippen LogP contribution < -0.4 is 0 Å². The number of ether oxygens (including phenoxy) is 1. The highest BCUT2D eigenvalue weighted by Gasteiger charge is 2.33. The number of esters is 1. The van der Waals surface area contributed by atoms with Crippen LogP contribution in [0, 0.1) is 6.92 Å². The molecule has 1 aliphatic rings. The van der Waals surface area contributed by atoms with Crippen LogP contribution in [0.4, 0.5) is 5.69 Å². The normalized spacial score (nSPS) is 16.8. The minimum absolute atomic E-state index is 0.0942. The molecule has 2 aromatic rings. The molecule has 0 unspecified atom stereocenters. The number of rotatable bonds is 5. The van der Waals surface area contributed by atoms with E-state index in [1.54, 1.807) is 18.7 Å². The number of thioether (sulfide) groups is 2. The van der Waals surface area contributed by atoms with E-state index in [2.05, 4.69) is 4.99 Å². The molecule has 0 aromatic heterocycles. The van der Waals surface area contributed by atoms with Crippen molar-refractivity contribution in [3.05, 3.63) is 75.9 Å². The fourth-order valence-corrected chi connectivity index (χ4v) is 4.02. The summed E-state index contributed by atoms with van der Waals surface area (Å²) in [6.45, 7) is 3.96. The standard InChI is InChI=1S/C22H21NO3S2/c1-4-26-22(25)19-20(24)18(13-15-7-11-17(27-3)12-8-15)28-21(19)23-16-9-5-14(2)6-10-16/h5-13,24H,4H2,1-3H3/b18-13+,23-21?. The van der Waals surface area contributed by atoms with Gasteiger partial charge in [0.25, 0.3) is 0 Å². The number of aliphatic hydroxyl groups excluding tert-OH is 1. The first-order valence-electron chi connectivity index (χ1n) is 8.82. The van der Waals surface area contributed by atoms with Crippen LogP contribution in [0.25, 0.3) is 6.08 Å². The number of benzene rings is 2. The zero-order valence-corrected chi connectivity index (χ0v) is 17.6. The largest absolute Gasteiger partial charge is 0.506 e. The highest BCUT2D eigenvalue weighted by molar-refractivity contribution is 8.18. The van der Waals surface area contributed by atoms with Gasteiger partial charge in [0.2, 0.25) is 0 Å². The maximum Gasteiger partial charge on any atom is 0.344 e. The van der Waals surface area contributed by atoms with E-state index in [1.807, 2.05) is 67.8 Å². The molecule has 0 aliphatic carbocycles. The Morgan fingerprint density at radius 3 is 2.46 bits per heavy atom. The highest BCUT2D eigenvalue weighted by atomic mass is 32.2. The molecular weight excluding hydrogens is 390 g/mol. The lowest BCUT2D eigenvalue weighted by molar-refractivity contribution is -0.138. The molecule has 1 heterocycles. The summed E-state index contributed by atoms with van der Waals surface area (Å²) in [5.74, 6) is -0.664. The van der Waals surface area contributed by atoms with Crippen molar-refractivity contribution in [2.75, 3.05) is 12.9 Å². The summed E-state index contributed by atoms with van der Waals surface area (Å²) in [6, 6.07) is 15.7. The van der Waals surface area contributed by atoms with Gasteiger partial charge in [-0.1, -0.05) is 41.6 Å². The smallest absolute Gasteiger partial charge is 0.344 e. The van der Waals surface area contributed by atoms with Crippen molar-refractivity contribution < 1.29 is 14.6 Å². The molecule has 0 spiro atoms. The van der Waals surface area contributed by atoms with Crippen molar-refractivity contribution in [3.63, 3.8) is 0 Å². The lowest BCUT2D eigenvalue weighted by Gasteiger charge is -2.04. The molecule has 1 N–H and O–H groups in total. The second-order valence-corrected chi connectivity index (χ2v) is 7.99. The zero-order valence-electron chi connectivity index (χ0n) is 15.9. The molecule has 0 radical (unpaired) electrons. The van der Waals surface area contributed by atoms with Crippen LogP contribution in [-0.2, 0) is 9.53 Å². The number of aryl methyl sites for hydroxylation is 1. The van der Waals surface area contributed by atoms with Gasteiger partial charge < -0.3 is 9.84 Å². The van der Waals surface area contributed by atoms with Crippen LogP contribution in [0.3, 0.4) is 0 Å². The van der Waals surface area contributed by atoms with E-state index in [-0.39, 0.29) is 17.9 Å². The summed E-state index contributed by atoms with van der Waals surface area (Å²) < 4.78 is 5.13. The number of aliphatic hydroxyl groups is 1. The molecule has 1 aliphatic heterocycles. The lowest BCUT2D eigenvalue weighted by atomic mass is 10.1. The van der Waals surface area contributed by atoms with E-state index >= 15 is 0 Å². The van der Waals surface area contributed by atoms with Gasteiger partial charge >= 0.3 is 5.97 Å². The maximum absolute atomic E-state index is 12.4. The van der Waals surface area contributed by atoms with Crippen molar-refractivity contribution in [2.24, 2.45) is 4.99 Å². The monoisotopic (exact) mass is 411 g/mol. The third-order valence-electron chi connectivity index (χ3n) is 4.05. The van der Waals surface area contributed by atoms with Crippen molar-refractivity contribution in [1.82, 2.24) is 0 Å². The van der Waals surface area contributed by atoms with Crippen molar-refractivity contribution in [2.45, 2.75) is 18.7 Å². The molecular formula is C22H21NO3S2. The summed E-state index contributed by atoms with van der Waals surface area (Å²) in [5.41, 5.74) is 2.89. The minimum atomic E-state index is -0.570. The average molecular weight is 412 g/mol. The van der Waals surface area contributed by atoms with Gasteiger partial charge in [0.05, 0.1) is 17.2 Å². The SMILES string of the molecule is CCOC(=O)C1=C(O)/C(=C\c2ccc(SC)cc2)SC1=Nc1ccc(C)cc1. The summed E-state index contributed by atoms with van der Waals surface area (Å²) >= 11 is 2.93. The Bertz CT molecular complexity index is 958. The molecule has 4 nitrogen and oxygen atoms in total. The molecule has 2 aromatic carbocycles. The molecule has 0 amide bonds. The maximum atomic E-state index is 12.4. The van der Waals surface area contributed by atoms with Crippen molar-refractivity contribution in [3.8, 4) is 0 Å². The molecule has 6 heteroatoms. The Balaban J connectivity index is 2.00. The first-order chi connectivity index (χ1) is 13.5. The third-order valence-corrected chi connectivity index (χ3v) is 5.81. The van der Waals surface area contributed by atoms with Crippen LogP contribution in [0.1, 0.15) is 18.1 Å². The van der Waals surface area contributed by atoms with Crippen molar-refractivity contribution in [1.29, 1.82) is 0 Å². The second-order valence-electron chi connectivity index (χ2n) is 6.08. The number of hydrogen-bond donors (Lipinski definition) is 1. The zero-order chi connectivity index (χ0) is 20.1. The van der Waals surface area contributed by atoms with Crippen LogP contribution in [0.5, 0.6) is 0 Å². The van der Waals surface area contributed by atoms with Crippen LogP contribution in [-0.4, -0.2) is 29.0 Å². The Labute approximate surface area is 173 Å². The summed E-state index contributed by atoms with van der Waals surface area (Å²) in [5, 5.41) is 11.1. The van der Waals surface area contributed by atoms with Crippen molar-refractivity contribution >= 4 is 46.3 Å². The predicted octanol–water partition coefficient (Wildman–Crippen LogP) is 5.91. The molecule has 144 valence electrons. The minimum Gasteiger partial charge on any atom is -0.506 e. The van der Waals surface area contributed by atoms with Gasteiger partial charge in [0.1, 0.15) is 16.4 Å².